The Hall–Kier alpha value is -1.80. The van der Waals surface area contributed by atoms with Gasteiger partial charge in [0.1, 0.15) is 5.75 Å². The molecule has 0 aliphatic rings. The molecule has 0 radical (unpaired) electrons. The van der Waals surface area contributed by atoms with Crippen LogP contribution >= 0.6 is 0 Å². The molecule has 2 N–H and O–H groups in total. The van der Waals surface area contributed by atoms with Gasteiger partial charge in [0.25, 0.3) is 0 Å². The minimum Gasteiger partial charge on any atom is -0.508 e. The summed E-state index contributed by atoms with van der Waals surface area (Å²) in [5.41, 5.74) is 4.14. The smallest absolute Gasteiger partial charge is 0.115 e. The molecule has 0 heterocycles. The van der Waals surface area contributed by atoms with Crippen molar-refractivity contribution in [2.45, 2.75) is 46.6 Å². The van der Waals surface area contributed by atoms with Crippen LogP contribution in [0.15, 0.2) is 42.5 Å². The van der Waals surface area contributed by atoms with Gasteiger partial charge in [-0.2, -0.15) is 0 Å². The number of hydrogen-bond acceptors (Lipinski definition) is 2. The van der Waals surface area contributed by atoms with Crippen LogP contribution < -0.4 is 0 Å². The Morgan fingerprint density at radius 1 is 1.05 bits per heavy atom. The summed E-state index contributed by atoms with van der Waals surface area (Å²) < 4.78 is 0. The first-order valence-electron chi connectivity index (χ1n) is 7.70. The molecule has 2 heteroatoms. The summed E-state index contributed by atoms with van der Waals surface area (Å²) in [5, 5.41) is 19.5. The van der Waals surface area contributed by atoms with E-state index in [1.54, 1.807) is 12.1 Å². The summed E-state index contributed by atoms with van der Waals surface area (Å²) in [6.07, 6.45) is 1.34. The number of aryl methyl sites for hydroxylation is 1. The van der Waals surface area contributed by atoms with Crippen LogP contribution in [-0.2, 0) is 0 Å². The molecular weight excluding hydrogens is 260 g/mol. The zero-order valence-corrected chi connectivity index (χ0v) is 13.4. The fourth-order valence-electron chi connectivity index (χ4n) is 2.33. The molecule has 0 aliphatic carbocycles. The summed E-state index contributed by atoms with van der Waals surface area (Å²) in [6, 6.07) is 13.3. The number of aliphatic hydroxyl groups is 1. The van der Waals surface area contributed by atoms with Crippen molar-refractivity contribution in [2.24, 2.45) is 0 Å². The molecule has 1 atom stereocenters. The number of phenols is 1. The summed E-state index contributed by atoms with van der Waals surface area (Å²) in [7, 11) is 0. The van der Waals surface area contributed by atoms with Gasteiger partial charge in [-0.1, -0.05) is 51.5 Å². The van der Waals surface area contributed by atoms with Crippen molar-refractivity contribution >= 4 is 0 Å². The van der Waals surface area contributed by atoms with Gasteiger partial charge in [0.2, 0.25) is 0 Å². The minimum absolute atomic E-state index is 0.281. The van der Waals surface area contributed by atoms with Gasteiger partial charge in [0.05, 0.1) is 6.10 Å². The number of hydrogen-bond donors (Lipinski definition) is 2. The largest absolute Gasteiger partial charge is 0.508 e. The molecule has 2 aromatic carbocycles. The van der Waals surface area contributed by atoms with Crippen molar-refractivity contribution in [1.82, 2.24) is 0 Å². The van der Waals surface area contributed by atoms with E-state index in [2.05, 4.69) is 6.92 Å². The third-order valence-corrected chi connectivity index (χ3v) is 3.35. The zero-order valence-electron chi connectivity index (χ0n) is 13.4. The molecule has 0 spiro atoms. The standard InChI is InChI=1S/C17H20O2.C2H6/c1-3-5-17(19)14-7-4-6-13(11-14)16-9-8-15(18)10-12(16)2;1-2/h4,6-11,17-19H,3,5H2,1-2H3;1-2H3. The third kappa shape index (κ3) is 4.61. The van der Waals surface area contributed by atoms with E-state index in [-0.39, 0.29) is 5.75 Å². The van der Waals surface area contributed by atoms with Gasteiger partial charge in [0, 0.05) is 0 Å². The van der Waals surface area contributed by atoms with E-state index in [1.165, 1.54) is 0 Å². The van der Waals surface area contributed by atoms with Gasteiger partial charge >= 0.3 is 0 Å². The Balaban J connectivity index is 0.00000106. The molecular formula is C19H26O2. The molecule has 0 saturated carbocycles. The van der Waals surface area contributed by atoms with E-state index in [1.807, 2.05) is 51.1 Å². The monoisotopic (exact) mass is 286 g/mol. The molecule has 114 valence electrons. The zero-order chi connectivity index (χ0) is 15.8. The second kappa shape index (κ2) is 8.48. The number of phenolic OH excluding ortho intramolecular Hbond substituents is 1. The van der Waals surface area contributed by atoms with E-state index < -0.39 is 6.10 Å². The minimum atomic E-state index is -0.401. The van der Waals surface area contributed by atoms with Crippen molar-refractivity contribution in [3.05, 3.63) is 53.6 Å². The van der Waals surface area contributed by atoms with Gasteiger partial charge in [-0.05, 0) is 53.8 Å². The second-order valence-electron chi connectivity index (χ2n) is 4.93. The van der Waals surface area contributed by atoms with Crippen LogP contribution in [0.5, 0.6) is 5.75 Å². The summed E-state index contributed by atoms with van der Waals surface area (Å²) in [4.78, 5) is 0. The van der Waals surface area contributed by atoms with Crippen LogP contribution in [0.25, 0.3) is 11.1 Å². The van der Waals surface area contributed by atoms with Gasteiger partial charge in [0.15, 0.2) is 0 Å². The first kappa shape index (κ1) is 17.3. The van der Waals surface area contributed by atoms with Crippen molar-refractivity contribution in [3.8, 4) is 16.9 Å². The average molecular weight is 286 g/mol. The highest BCUT2D eigenvalue weighted by atomic mass is 16.3. The van der Waals surface area contributed by atoms with Crippen LogP contribution in [0.2, 0.25) is 0 Å². The van der Waals surface area contributed by atoms with E-state index >= 15 is 0 Å². The highest BCUT2D eigenvalue weighted by Crippen LogP contribution is 2.29. The maximum Gasteiger partial charge on any atom is 0.115 e. The quantitative estimate of drug-likeness (QED) is 0.808. The van der Waals surface area contributed by atoms with Crippen molar-refractivity contribution < 1.29 is 10.2 Å². The Bertz CT molecular complexity index is 561. The summed E-state index contributed by atoms with van der Waals surface area (Å²) >= 11 is 0. The van der Waals surface area contributed by atoms with Crippen LogP contribution in [0.4, 0.5) is 0 Å². The number of aliphatic hydroxyl groups excluding tert-OH is 1. The molecule has 0 bridgehead atoms. The SMILES string of the molecule is CC.CCCC(O)c1cccc(-c2ccc(O)cc2C)c1. The molecule has 0 aromatic heterocycles. The molecule has 0 aliphatic heterocycles. The molecule has 0 amide bonds. The Morgan fingerprint density at radius 2 is 1.76 bits per heavy atom. The summed E-state index contributed by atoms with van der Waals surface area (Å²) in [5.74, 6) is 0.281. The molecule has 1 unspecified atom stereocenters. The molecule has 0 fully saturated rings. The fraction of sp³-hybridized carbons (Fsp3) is 0.368. The number of aromatic hydroxyl groups is 1. The lowest BCUT2D eigenvalue weighted by Crippen LogP contribution is -1.96. The molecule has 21 heavy (non-hydrogen) atoms. The van der Waals surface area contributed by atoms with Crippen molar-refractivity contribution in [2.75, 3.05) is 0 Å². The van der Waals surface area contributed by atoms with Gasteiger partial charge in [-0.25, -0.2) is 0 Å². The van der Waals surface area contributed by atoms with E-state index in [0.717, 1.165) is 35.1 Å². The average Bonchev–Trinajstić information content (AvgIpc) is 2.49. The maximum absolute atomic E-state index is 10.1. The second-order valence-corrected chi connectivity index (χ2v) is 4.93. The molecule has 2 rings (SSSR count). The van der Waals surface area contributed by atoms with E-state index in [9.17, 15) is 10.2 Å². The topological polar surface area (TPSA) is 40.5 Å². The fourth-order valence-corrected chi connectivity index (χ4v) is 2.33. The maximum atomic E-state index is 10.1. The predicted octanol–water partition coefficient (Wildman–Crippen LogP) is 5.23. The van der Waals surface area contributed by atoms with Crippen LogP contribution in [0.1, 0.15) is 50.8 Å². The van der Waals surface area contributed by atoms with Crippen molar-refractivity contribution in [3.63, 3.8) is 0 Å². The molecule has 0 saturated heterocycles. The first-order valence-corrected chi connectivity index (χ1v) is 7.70. The van der Waals surface area contributed by atoms with Gasteiger partial charge in [-0.3, -0.25) is 0 Å². The Labute approximate surface area is 128 Å². The van der Waals surface area contributed by atoms with Crippen LogP contribution in [0.3, 0.4) is 0 Å². The molecule has 2 aromatic rings. The van der Waals surface area contributed by atoms with Crippen LogP contribution in [0, 0.1) is 6.92 Å². The number of benzene rings is 2. The molecule has 2 nitrogen and oxygen atoms in total. The number of rotatable bonds is 4. The van der Waals surface area contributed by atoms with E-state index in [0.29, 0.717) is 0 Å². The van der Waals surface area contributed by atoms with E-state index in [4.69, 9.17) is 0 Å². The first-order chi connectivity index (χ1) is 10.1. The van der Waals surface area contributed by atoms with Crippen LogP contribution in [-0.4, -0.2) is 10.2 Å². The highest BCUT2D eigenvalue weighted by Gasteiger charge is 2.09. The lowest BCUT2D eigenvalue weighted by atomic mass is 9.96. The van der Waals surface area contributed by atoms with Gasteiger partial charge < -0.3 is 10.2 Å². The van der Waals surface area contributed by atoms with Crippen molar-refractivity contribution in [1.29, 1.82) is 0 Å². The highest BCUT2D eigenvalue weighted by molar-refractivity contribution is 5.68. The third-order valence-electron chi connectivity index (χ3n) is 3.35. The lowest BCUT2D eigenvalue weighted by Gasteiger charge is -2.12. The van der Waals surface area contributed by atoms with Gasteiger partial charge in [-0.15, -0.1) is 0 Å². The lowest BCUT2D eigenvalue weighted by molar-refractivity contribution is 0.166. The summed E-state index contributed by atoms with van der Waals surface area (Å²) in [6.45, 7) is 8.04. The Morgan fingerprint density at radius 3 is 2.38 bits per heavy atom. The predicted molar refractivity (Wildman–Crippen MR) is 89.5 cm³/mol. The Kier molecular flexibility index (Phi) is 6.97. The normalized spacial score (nSPS) is 11.5.